The van der Waals surface area contributed by atoms with Gasteiger partial charge in [-0.05, 0) is 31.6 Å². The van der Waals surface area contributed by atoms with Gasteiger partial charge in [0.2, 0.25) is 0 Å². The van der Waals surface area contributed by atoms with Crippen molar-refractivity contribution in [2.24, 2.45) is 10.2 Å². The Morgan fingerprint density at radius 2 is 1.97 bits per heavy atom. The Balaban J connectivity index is 1.47. The largest absolute Gasteiger partial charge is 0.507 e. The summed E-state index contributed by atoms with van der Waals surface area (Å²) in [5, 5.41) is 23.4. The number of allylic oxidation sites excluding steroid dienone is 1. The lowest BCUT2D eigenvalue weighted by Crippen LogP contribution is -2.46. The normalized spacial score (nSPS) is 17.1. The van der Waals surface area contributed by atoms with Crippen molar-refractivity contribution in [1.82, 2.24) is 24.6 Å². The topological polar surface area (TPSA) is 90.4 Å². The number of nitrogens with zero attached hydrogens (tertiary/aromatic N) is 6. The molecule has 164 valence electrons. The Hall–Kier alpha value is -3.52. The van der Waals surface area contributed by atoms with E-state index in [9.17, 15) is 5.11 Å². The molecule has 8 heteroatoms. The summed E-state index contributed by atoms with van der Waals surface area (Å²) in [6.45, 7) is 7.90. The van der Waals surface area contributed by atoms with E-state index in [4.69, 9.17) is 0 Å². The summed E-state index contributed by atoms with van der Waals surface area (Å²) < 4.78 is 1.95. The van der Waals surface area contributed by atoms with Crippen LogP contribution in [0.25, 0.3) is 16.9 Å². The summed E-state index contributed by atoms with van der Waals surface area (Å²) >= 11 is 0. The second-order valence-corrected chi connectivity index (χ2v) is 8.22. The smallest absolute Gasteiger partial charge is 0.155 e. The lowest BCUT2D eigenvalue weighted by molar-refractivity contribution is 0.352. The number of hydrogen-bond donors (Lipinski definition) is 2. The van der Waals surface area contributed by atoms with E-state index in [0.29, 0.717) is 11.3 Å². The number of hydrogen-bond acceptors (Lipinski definition) is 7. The van der Waals surface area contributed by atoms with E-state index < -0.39 is 0 Å². The van der Waals surface area contributed by atoms with Crippen LogP contribution in [0, 0.1) is 6.92 Å². The number of piperazine rings is 1. The van der Waals surface area contributed by atoms with Crippen LogP contribution in [0.1, 0.15) is 31.0 Å². The van der Waals surface area contributed by atoms with Gasteiger partial charge in [-0.1, -0.05) is 18.6 Å². The average molecular weight is 430 g/mol. The van der Waals surface area contributed by atoms with Crippen LogP contribution < -0.4 is 5.32 Å². The van der Waals surface area contributed by atoms with Crippen molar-refractivity contribution in [2.45, 2.75) is 26.7 Å². The molecule has 2 aromatic heterocycles. The zero-order valence-electron chi connectivity index (χ0n) is 18.4. The van der Waals surface area contributed by atoms with E-state index >= 15 is 0 Å². The molecule has 1 fully saturated rings. The molecule has 1 saturated heterocycles. The molecule has 2 aliphatic heterocycles. The minimum absolute atomic E-state index is 0.164. The molecule has 0 bridgehead atoms. The van der Waals surface area contributed by atoms with Crippen LogP contribution in [0.4, 0.5) is 0 Å². The third kappa shape index (κ3) is 4.01. The van der Waals surface area contributed by atoms with E-state index in [1.165, 1.54) is 5.57 Å². The van der Waals surface area contributed by atoms with Gasteiger partial charge in [-0.25, -0.2) is 4.98 Å². The highest BCUT2D eigenvalue weighted by Crippen LogP contribution is 2.28. The molecule has 8 nitrogen and oxygen atoms in total. The molecule has 0 spiro atoms. The van der Waals surface area contributed by atoms with Crippen LogP contribution in [0.15, 0.2) is 58.6 Å². The van der Waals surface area contributed by atoms with Gasteiger partial charge in [0.15, 0.2) is 5.65 Å². The Bertz CT molecular complexity index is 1250. The molecule has 0 unspecified atom stereocenters. The number of fused-ring (bicyclic) bond motifs is 1. The van der Waals surface area contributed by atoms with Crippen molar-refractivity contribution in [3.05, 3.63) is 59.7 Å². The van der Waals surface area contributed by atoms with E-state index in [-0.39, 0.29) is 5.75 Å². The number of imidazole rings is 1. The predicted molar refractivity (Wildman–Crippen MR) is 126 cm³/mol. The molecule has 0 atom stereocenters. The van der Waals surface area contributed by atoms with Gasteiger partial charge in [0.1, 0.15) is 11.6 Å². The molecule has 2 aliphatic rings. The summed E-state index contributed by atoms with van der Waals surface area (Å²) in [5.74, 6) is 1.16. The van der Waals surface area contributed by atoms with Crippen molar-refractivity contribution < 1.29 is 5.11 Å². The van der Waals surface area contributed by atoms with Gasteiger partial charge in [-0.2, -0.15) is 0 Å². The fraction of sp³-hybridized carbons (Fsp3) is 0.333. The highest BCUT2D eigenvalue weighted by Gasteiger charge is 2.19. The minimum Gasteiger partial charge on any atom is -0.507 e. The van der Waals surface area contributed by atoms with Crippen LogP contribution in [-0.2, 0) is 0 Å². The number of nitrogens with one attached hydrogen (secondary N) is 1. The first-order chi connectivity index (χ1) is 15.6. The van der Waals surface area contributed by atoms with E-state index in [0.717, 1.165) is 67.5 Å². The van der Waals surface area contributed by atoms with Crippen molar-refractivity contribution in [3.8, 4) is 17.0 Å². The first-order valence-electron chi connectivity index (χ1n) is 11.1. The highest BCUT2D eigenvalue weighted by molar-refractivity contribution is 6.12. The lowest BCUT2D eigenvalue weighted by Gasteiger charge is -2.29. The molecular weight excluding hydrogens is 402 g/mol. The molecule has 0 amide bonds. The monoisotopic (exact) mass is 429 g/mol. The van der Waals surface area contributed by atoms with Gasteiger partial charge in [0.25, 0.3) is 0 Å². The van der Waals surface area contributed by atoms with Gasteiger partial charge in [0.05, 0.1) is 23.3 Å². The fourth-order valence-corrected chi connectivity index (χ4v) is 4.16. The number of phenolic OH excluding ortho intramolecular Hbond substituents is 1. The first-order valence-corrected chi connectivity index (χ1v) is 11.1. The van der Waals surface area contributed by atoms with Gasteiger partial charge in [-0.15, -0.1) is 10.2 Å². The predicted octanol–water partition coefficient (Wildman–Crippen LogP) is 3.16. The molecule has 2 N–H and O–H groups in total. The van der Waals surface area contributed by atoms with Crippen molar-refractivity contribution >= 4 is 17.2 Å². The van der Waals surface area contributed by atoms with Crippen molar-refractivity contribution in [1.29, 1.82) is 0 Å². The second kappa shape index (κ2) is 8.55. The van der Waals surface area contributed by atoms with Crippen LogP contribution in [0.2, 0.25) is 0 Å². The van der Waals surface area contributed by atoms with Crippen molar-refractivity contribution in [2.75, 3.05) is 26.2 Å². The first kappa shape index (κ1) is 20.4. The maximum Gasteiger partial charge on any atom is 0.155 e. The third-order valence-corrected chi connectivity index (χ3v) is 5.97. The highest BCUT2D eigenvalue weighted by atomic mass is 16.3. The SMILES string of the molecule is CCC1=CC(c2ccc(-c3cn4cc(C)nc4cn3)cc2O)=NN=C(N2CCNCC2)C1. The van der Waals surface area contributed by atoms with E-state index in [1.807, 2.05) is 35.9 Å². The zero-order valence-corrected chi connectivity index (χ0v) is 18.4. The summed E-state index contributed by atoms with van der Waals surface area (Å²) in [6, 6.07) is 5.59. The van der Waals surface area contributed by atoms with Crippen LogP contribution >= 0.6 is 0 Å². The van der Waals surface area contributed by atoms with Gasteiger partial charge in [-0.3, -0.25) is 4.98 Å². The fourth-order valence-electron chi connectivity index (χ4n) is 4.16. The standard InChI is InChI=1S/C24H27N7O/c1-3-17-10-20(28-29-23(11-17)30-8-6-25-7-9-30)19-5-4-18(12-22(19)32)21-15-31-14-16(2)27-24(31)13-26-21/h4-5,10,12-15,25,32H,3,6-9,11H2,1-2H3. The molecular formula is C24H27N7O. The van der Waals surface area contributed by atoms with Gasteiger partial charge >= 0.3 is 0 Å². The molecule has 32 heavy (non-hydrogen) atoms. The Labute approximate surface area is 187 Å². The number of amidine groups is 1. The Kier molecular flexibility index (Phi) is 5.45. The molecule has 5 rings (SSSR count). The molecule has 1 aromatic carbocycles. The zero-order chi connectivity index (χ0) is 22.1. The lowest BCUT2D eigenvalue weighted by atomic mass is 10.0. The van der Waals surface area contributed by atoms with Crippen LogP contribution in [0.3, 0.4) is 0 Å². The number of benzene rings is 1. The third-order valence-electron chi connectivity index (χ3n) is 5.97. The number of phenols is 1. The number of aromatic nitrogens is 3. The molecule has 0 saturated carbocycles. The average Bonchev–Trinajstić information content (AvgIpc) is 3.05. The maximum atomic E-state index is 10.9. The van der Waals surface area contributed by atoms with Crippen LogP contribution in [0.5, 0.6) is 5.75 Å². The Morgan fingerprint density at radius 1 is 1.12 bits per heavy atom. The number of aryl methyl sites for hydroxylation is 1. The van der Waals surface area contributed by atoms with Gasteiger partial charge in [0, 0.05) is 56.1 Å². The maximum absolute atomic E-state index is 10.9. The van der Waals surface area contributed by atoms with Crippen LogP contribution in [-0.4, -0.2) is 62.1 Å². The molecule has 4 heterocycles. The van der Waals surface area contributed by atoms with Gasteiger partial charge < -0.3 is 19.7 Å². The molecule has 3 aromatic rings. The summed E-state index contributed by atoms with van der Waals surface area (Å²) in [6.07, 6.45) is 9.39. The van der Waals surface area contributed by atoms with Crippen molar-refractivity contribution in [3.63, 3.8) is 0 Å². The number of rotatable bonds is 3. The summed E-state index contributed by atoms with van der Waals surface area (Å²) in [5.41, 5.74) is 5.95. The van der Waals surface area contributed by atoms with E-state index in [1.54, 1.807) is 12.3 Å². The molecule has 0 radical (unpaired) electrons. The number of aromatic hydroxyl groups is 1. The minimum atomic E-state index is 0.164. The summed E-state index contributed by atoms with van der Waals surface area (Å²) in [7, 11) is 0. The quantitative estimate of drug-likeness (QED) is 0.668. The Morgan fingerprint density at radius 3 is 2.75 bits per heavy atom. The summed E-state index contributed by atoms with van der Waals surface area (Å²) in [4.78, 5) is 11.2. The van der Waals surface area contributed by atoms with E-state index in [2.05, 4.69) is 43.4 Å². The second-order valence-electron chi connectivity index (χ2n) is 8.22. The molecule has 0 aliphatic carbocycles.